The summed E-state index contributed by atoms with van der Waals surface area (Å²) >= 11 is 0. The summed E-state index contributed by atoms with van der Waals surface area (Å²) in [7, 11) is 2.12. The lowest BCUT2D eigenvalue weighted by Crippen LogP contribution is -2.29. The molecule has 1 aliphatic heterocycles. The molecule has 1 aromatic rings. The standard InChI is InChI=1S/C19H29NO/c1-20-17(11-12-18-9-5-13-21-18)14-16-8-4-7-15-6-2-3-10-19(15)16/h2-3,6,10,16-18,20H,4-5,7-9,11-14H2,1H3. The molecule has 0 bridgehead atoms. The minimum atomic E-state index is 0.527. The highest BCUT2D eigenvalue weighted by Gasteiger charge is 2.24. The van der Waals surface area contributed by atoms with E-state index in [0.717, 1.165) is 12.5 Å². The van der Waals surface area contributed by atoms with Gasteiger partial charge in [-0.05, 0) is 75.5 Å². The van der Waals surface area contributed by atoms with Gasteiger partial charge in [-0.2, -0.15) is 0 Å². The molecule has 1 aliphatic carbocycles. The van der Waals surface area contributed by atoms with Crippen molar-refractivity contribution < 1.29 is 4.74 Å². The van der Waals surface area contributed by atoms with E-state index in [1.54, 1.807) is 11.1 Å². The normalized spacial score (nSPS) is 26.5. The van der Waals surface area contributed by atoms with Gasteiger partial charge in [0.15, 0.2) is 0 Å². The molecule has 2 nitrogen and oxygen atoms in total. The first-order valence-electron chi connectivity index (χ1n) is 8.73. The van der Waals surface area contributed by atoms with E-state index < -0.39 is 0 Å². The second-order valence-corrected chi connectivity index (χ2v) is 6.72. The molecule has 0 saturated carbocycles. The number of hydrogen-bond donors (Lipinski definition) is 1. The fraction of sp³-hybridized carbons (Fsp3) is 0.684. The first-order valence-corrected chi connectivity index (χ1v) is 8.73. The van der Waals surface area contributed by atoms with E-state index in [9.17, 15) is 0 Å². The van der Waals surface area contributed by atoms with Gasteiger partial charge in [0.1, 0.15) is 0 Å². The van der Waals surface area contributed by atoms with E-state index in [1.165, 1.54) is 51.4 Å². The molecule has 2 aliphatic rings. The fourth-order valence-electron chi connectivity index (χ4n) is 4.08. The lowest BCUT2D eigenvalue weighted by molar-refractivity contribution is 0.0992. The van der Waals surface area contributed by atoms with Crippen LogP contribution in [-0.2, 0) is 11.2 Å². The minimum Gasteiger partial charge on any atom is -0.378 e. The van der Waals surface area contributed by atoms with Crippen molar-refractivity contribution in [1.82, 2.24) is 5.32 Å². The number of nitrogens with one attached hydrogen (secondary N) is 1. The Morgan fingerprint density at radius 1 is 1.24 bits per heavy atom. The van der Waals surface area contributed by atoms with E-state index in [4.69, 9.17) is 4.74 Å². The Morgan fingerprint density at radius 2 is 2.14 bits per heavy atom. The van der Waals surface area contributed by atoms with E-state index >= 15 is 0 Å². The molecule has 0 spiro atoms. The van der Waals surface area contributed by atoms with Crippen LogP contribution in [0.3, 0.4) is 0 Å². The van der Waals surface area contributed by atoms with E-state index in [1.807, 2.05) is 0 Å². The molecule has 3 rings (SSSR count). The van der Waals surface area contributed by atoms with Crippen molar-refractivity contribution in [3.63, 3.8) is 0 Å². The highest BCUT2D eigenvalue weighted by atomic mass is 16.5. The molecule has 0 amide bonds. The maximum Gasteiger partial charge on any atom is 0.0576 e. The van der Waals surface area contributed by atoms with Crippen LogP contribution >= 0.6 is 0 Å². The molecule has 1 heterocycles. The SMILES string of the molecule is CNC(CCC1CCCO1)CC1CCCc2ccccc21. The maximum atomic E-state index is 5.77. The summed E-state index contributed by atoms with van der Waals surface area (Å²) in [5, 5.41) is 3.55. The van der Waals surface area contributed by atoms with Crippen LogP contribution in [0, 0.1) is 0 Å². The van der Waals surface area contributed by atoms with Gasteiger partial charge in [0.2, 0.25) is 0 Å². The fourth-order valence-corrected chi connectivity index (χ4v) is 4.08. The predicted octanol–water partition coefficient (Wildman–Crippen LogP) is 4.04. The Hall–Kier alpha value is -0.860. The molecule has 3 unspecified atom stereocenters. The third-order valence-corrected chi connectivity index (χ3v) is 5.33. The molecule has 21 heavy (non-hydrogen) atoms. The minimum absolute atomic E-state index is 0.527. The number of fused-ring (bicyclic) bond motifs is 1. The lowest BCUT2D eigenvalue weighted by atomic mass is 9.79. The zero-order valence-corrected chi connectivity index (χ0v) is 13.3. The van der Waals surface area contributed by atoms with Crippen molar-refractivity contribution >= 4 is 0 Å². The number of hydrogen-bond acceptors (Lipinski definition) is 2. The summed E-state index contributed by atoms with van der Waals surface area (Å²) in [6.45, 7) is 0.977. The summed E-state index contributed by atoms with van der Waals surface area (Å²) in [5.74, 6) is 0.747. The molecule has 1 saturated heterocycles. The molecule has 0 radical (unpaired) electrons. The Bertz CT molecular complexity index is 439. The predicted molar refractivity (Wildman–Crippen MR) is 87.8 cm³/mol. The van der Waals surface area contributed by atoms with E-state index in [0.29, 0.717) is 12.1 Å². The van der Waals surface area contributed by atoms with Gasteiger partial charge in [-0.25, -0.2) is 0 Å². The van der Waals surface area contributed by atoms with Crippen molar-refractivity contribution in [2.24, 2.45) is 0 Å². The Balaban J connectivity index is 1.56. The molecule has 1 fully saturated rings. The first kappa shape index (κ1) is 15.1. The van der Waals surface area contributed by atoms with Crippen molar-refractivity contribution in [2.75, 3.05) is 13.7 Å². The van der Waals surface area contributed by atoms with Crippen LogP contribution in [0.15, 0.2) is 24.3 Å². The third-order valence-electron chi connectivity index (χ3n) is 5.33. The molecule has 1 aromatic carbocycles. The highest BCUT2D eigenvalue weighted by molar-refractivity contribution is 5.32. The van der Waals surface area contributed by atoms with Crippen LogP contribution in [0.1, 0.15) is 62.0 Å². The van der Waals surface area contributed by atoms with Crippen LogP contribution < -0.4 is 5.32 Å². The van der Waals surface area contributed by atoms with Crippen molar-refractivity contribution in [3.8, 4) is 0 Å². The molecular weight excluding hydrogens is 258 g/mol. The van der Waals surface area contributed by atoms with Gasteiger partial charge in [0, 0.05) is 12.6 Å². The molecule has 2 heteroatoms. The van der Waals surface area contributed by atoms with Crippen LogP contribution in [0.2, 0.25) is 0 Å². The number of aryl methyl sites for hydroxylation is 1. The van der Waals surface area contributed by atoms with Gasteiger partial charge in [-0.15, -0.1) is 0 Å². The van der Waals surface area contributed by atoms with Crippen LogP contribution in [0.4, 0.5) is 0 Å². The maximum absolute atomic E-state index is 5.77. The van der Waals surface area contributed by atoms with Gasteiger partial charge in [-0.1, -0.05) is 24.3 Å². The Kier molecular flexibility index (Phi) is 5.32. The zero-order valence-electron chi connectivity index (χ0n) is 13.3. The molecule has 1 N–H and O–H groups in total. The average molecular weight is 287 g/mol. The molecular formula is C19H29NO. The largest absolute Gasteiger partial charge is 0.378 e. The second-order valence-electron chi connectivity index (χ2n) is 6.72. The summed E-state index contributed by atoms with van der Waals surface area (Å²) in [6, 6.07) is 9.70. The lowest BCUT2D eigenvalue weighted by Gasteiger charge is -2.29. The third kappa shape index (κ3) is 3.87. The Morgan fingerprint density at radius 3 is 2.95 bits per heavy atom. The van der Waals surface area contributed by atoms with Crippen molar-refractivity contribution in [2.45, 2.75) is 69.4 Å². The van der Waals surface area contributed by atoms with Crippen molar-refractivity contribution in [3.05, 3.63) is 35.4 Å². The molecule has 0 aromatic heterocycles. The molecule has 116 valence electrons. The number of benzene rings is 1. The van der Waals surface area contributed by atoms with Crippen LogP contribution in [0.25, 0.3) is 0 Å². The molecule has 3 atom stereocenters. The number of ether oxygens (including phenoxy) is 1. The first-order chi connectivity index (χ1) is 10.4. The second kappa shape index (κ2) is 7.42. The van der Waals surface area contributed by atoms with Gasteiger partial charge < -0.3 is 10.1 Å². The van der Waals surface area contributed by atoms with E-state index in [-0.39, 0.29) is 0 Å². The summed E-state index contributed by atoms with van der Waals surface area (Å²) < 4.78 is 5.77. The summed E-state index contributed by atoms with van der Waals surface area (Å²) in [4.78, 5) is 0. The summed E-state index contributed by atoms with van der Waals surface area (Å²) in [5.41, 5.74) is 3.20. The van der Waals surface area contributed by atoms with Gasteiger partial charge in [0.25, 0.3) is 0 Å². The van der Waals surface area contributed by atoms with Gasteiger partial charge in [-0.3, -0.25) is 0 Å². The van der Waals surface area contributed by atoms with Gasteiger partial charge in [0.05, 0.1) is 6.10 Å². The Labute approximate surface area is 129 Å². The van der Waals surface area contributed by atoms with Crippen molar-refractivity contribution in [1.29, 1.82) is 0 Å². The van der Waals surface area contributed by atoms with Gasteiger partial charge >= 0.3 is 0 Å². The monoisotopic (exact) mass is 287 g/mol. The van der Waals surface area contributed by atoms with E-state index in [2.05, 4.69) is 36.6 Å². The highest BCUT2D eigenvalue weighted by Crippen LogP contribution is 2.35. The van der Waals surface area contributed by atoms with Crippen LogP contribution in [-0.4, -0.2) is 25.8 Å². The average Bonchev–Trinajstić information content (AvgIpc) is 3.05. The van der Waals surface area contributed by atoms with Crippen LogP contribution in [0.5, 0.6) is 0 Å². The topological polar surface area (TPSA) is 21.3 Å². The zero-order chi connectivity index (χ0) is 14.5. The quantitative estimate of drug-likeness (QED) is 0.852. The summed E-state index contributed by atoms with van der Waals surface area (Å²) in [6.07, 6.45) is 10.8. The smallest absolute Gasteiger partial charge is 0.0576 e. The number of rotatable bonds is 6.